The van der Waals surface area contributed by atoms with Gasteiger partial charge in [0.1, 0.15) is 0 Å². The molecule has 96 valence electrons. The van der Waals surface area contributed by atoms with Crippen molar-refractivity contribution < 1.29 is 14.3 Å². The number of carbonyl (C=O) groups is 2. The van der Waals surface area contributed by atoms with Crippen LogP contribution in [-0.4, -0.2) is 36.5 Å². The molecule has 1 heterocycles. The number of nitrogens with zero attached hydrogens (tertiary/aromatic N) is 1. The van der Waals surface area contributed by atoms with Crippen LogP contribution in [0.1, 0.15) is 44.9 Å². The number of carbonyl (C=O) groups excluding carboxylic acids is 2. The van der Waals surface area contributed by atoms with Gasteiger partial charge in [0.05, 0.1) is 0 Å². The summed E-state index contributed by atoms with van der Waals surface area (Å²) in [5.41, 5.74) is 0. The zero-order chi connectivity index (χ0) is 12.1. The van der Waals surface area contributed by atoms with E-state index in [2.05, 4.69) is 0 Å². The van der Waals surface area contributed by atoms with Crippen molar-refractivity contribution in [3.63, 3.8) is 0 Å². The van der Waals surface area contributed by atoms with Gasteiger partial charge in [-0.15, -0.1) is 0 Å². The van der Waals surface area contributed by atoms with E-state index in [4.69, 9.17) is 4.74 Å². The smallest absolute Gasteiger partial charge is 0.293 e. The van der Waals surface area contributed by atoms with Gasteiger partial charge in [-0.3, -0.25) is 9.59 Å². The predicted molar refractivity (Wildman–Crippen MR) is 63.3 cm³/mol. The van der Waals surface area contributed by atoms with E-state index in [-0.39, 0.29) is 5.91 Å². The second kappa shape index (κ2) is 6.03. The molecule has 0 N–H and O–H groups in total. The summed E-state index contributed by atoms with van der Waals surface area (Å²) >= 11 is 0. The highest BCUT2D eigenvalue weighted by Crippen LogP contribution is 2.28. The van der Waals surface area contributed by atoms with Gasteiger partial charge >= 0.3 is 0 Å². The van der Waals surface area contributed by atoms with E-state index in [1.807, 2.05) is 0 Å². The monoisotopic (exact) mass is 239 g/mol. The Morgan fingerprint density at radius 2 is 1.94 bits per heavy atom. The molecule has 1 saturated carbocycles. The van der Waals surface area contributed by atoms with E-state index in [0.717, 1.165) is 19.5 Å². The van der Waals surface area contributed by atoms with E-state index in [9.17, 15) is 9.59 Å². The Hall–Kier alpha value is -1.06. The zero-order valence-corrected chi connectivity index (χ0v) is 10.3. The Bertz CT molecular complexity index is 270. The lowest BCUT2D eigenvalue weighted by molar-refractivity contribution is -0.155. The third-order valence-electron chi connectivity index (χ3n) is 3.94. The van der Waals surface area contributed by atoms with Crippen LogP contribution in [0, 0.1) is 5.92 Å². The van der Waals surface area contributed by atoms with Crippen LogP contribution < -0.4 is 0 Å². The fraction of sp³-hybridized carbons (Fsp3) is 0.846. The fourth-order valence-corrected chi connectivity index (χ4v) is 2.75. The average molecular weight is 239 g/mol. The summed E-state index contributed by atoms with van der Waals surface area (Å²) in [4.78, 5) is 24.3. The normalized spacial score (nSPS) is 22.7. The van der Waals surface area contributed by atoms with Crippen LogP contribution in [0.15, 0.2) is 0 Å². The molecular formula is C13H21NO3. The lowest BCUT2D eigenvalue weighted by atomic mass is 9.85. The van der Waals surface area contributed by atoms with Gasteiger partial charge in [0.25, 0.3) is 12.4 Å². The summed E-state index contributed by atoms with van der Waals surface area (Å²) < 4.78 is 4.99. The molecule has 0 bridgehead atoms. The van der Waals surface area contributed by atoms with E-state index in [0.29, 0.717) is 18.8 Å². The first-order chi connectivity index (χ1) is 8.31. The second-order valence-electron chi connectivity index (χ2n) is 5.14. The minimum Gasteiger partial charge on any atom is -0.454 e. The zero-order valence-electron chi connectivity index (χ0n) is 10.3. The third-order valence-corrected chi connectivity index (χ3v) is 3.94. The predicted octanol–water partition coefficient (Wildman–Crippen LogP) is 1.73. The summed E-state index contributed by atoms with van der Waals surface area (Å²) in [6.07, 6.45) is 7.40. The standard InChI is InChI=1S/C13H21NO3/c15-10-17-12(13(16)14-7-4-8-14)9-11-5-2-1-3-6-11/h10-12H,1-9H2/t12-/m0/s1. The molecule has 0 unspecified atom stereocenters. The van der Waals surface area contributed by atoms with Gasteiger partial charge in [0.15, 0.2) is 6.10 Å². The lowest BCUT2D eigenvalue weighted by Gasteiger charge is -2.34. The van der Waals surface area contributed by atoms with Crippen LogP contribution >= 0.6 is 0 Å². The maximum Gasteiger partial charge on any atom is 0.293 e. The van der Waals surface area contributed by atoms with Crippen molar-refractivity contribution in [2.75, 3.05) is 13.1 Å². The van der Waals surface area contributed by atoms with E-state index in [1.54, 1.807) is 4.90 Å². The summed E-state index contributed by atoms with van der Waals surface area (Å²) in [6.45, 7) is 2.07. The molecular weight excluding hydrogens is 218 g/mol. The van der Waals surface area contributed by atoms with Gasteiger partial charge in [-0.2, -0.15) is 0 Å². The quantitative estimate of drug-likeness (QED) is 0.686. The number of amides is 1. The number of ether oxygens (including phenoxy) is 1. The van der Waals surface area contributed by atoms with Gasteiger partial charge in [0.2, 0.25) is 0 Å². The molecule has 0 radical (unpaired) electrons. The molecule has 2 fully saturated rings. The Balaban J connectivity index is 1.86. The molecule has 17 heavy (non-hydrogen) atoms. The first kappa shape index (κ1) is 12.4. The van der Waals surface area contributed by atoms with Crippen molar-refractivity contribution in [3.8, 4) is 0 Å². The maximum atomic E-state index is 12.0. The van der Waals surface area contributed by atoms with Crippen molar-refractivity contribution in [2.45, 2.75) is 51.0 Å². The van der Waals surface area contributed by atoms with E-state index >= 15 is 0 Å². The van der Waals surface area contributed by atoms with E-state index < -0.39 is 6.10 Å². The summed E-state index contributed by atoms with van der Waals surface area (Å²) in [6, 6.07) is 0. The summed E-state index contributed by atoms with van der Waals surface area (Å²) in [7, 11) is 0. The molecule has 1 aliphatic heterocycles. The molecule has 0 aromatic heterocycles. The Morgan fingerprint density at radius 1 is 1.24 bits per heavy atom. The van der Waals surface area contributed by atoms with Gasteiger partial charge < -0.3 is 9.64 Å². The molecule has 1 amide bonds. The molecule has 4 heteroatoms. The van der Waals surface area contributed by atoms with Crippen LogP contribution in [0.4, 0.5) is 0 Å². The van der Waals surface area contributed by atoms with Crippen molar-refractivity contribution in [2.24, 2.45) is 5.92 Å². The number of rotatable bonds is 5. The molecule has 2 rings (SSSR count). The van der Waals surface area contributed by atoms with Gasteiger partial charge in [-0.05, 0) is 18.8 Å². The largest absolute Gasteiger partial charge is 0.454 e. The van der Waals surface area contributed by atoms with Crippen LogP contribution in [0.3, 0.4) is 0 Å². The van der Waals surface area contributed by atoms with E-state index in [1.165, 1.54) is 32.1 Å². The Morgan fingerprint density at radius 3 is 2.47 bits per heavy atom. The molecule has 2 aliphatic rings. The molecule has 1 atom stereocenters. The molecule has 1 aliphatic carbocycles. The minimum atomic E-state index is -0.532. The highest BCUT2D eigenvalue weighted by molar-refractivity contribution is 5.82. The maximum absolute atomic E-state index is 12.0. The van der Waals surface area contributed by atoms with Crippen molar-refractivity contribution in [1.82, 2.24) is 4.90 Å². The number of hydrogen-bond donors (Lipinski definition) is 0. The molecule has 0 aromatic carbocycles. The summed E-state index contributed by atoms with van der Waals surface area (Å²) in [5.74, 6) is 0.563. The van der Waals surface area contributed by atoms with Crippen molar-refractivity contribution >= 4 is 12.4 Å². The van der Waals surface area contributed by atoms with Crippen LogP contribution in [0.2, 0.25) is 0 Å². The highest BCUT2D eigenvalue weighted by Gasteiger charge is 2.31. The first-order valence-electron chi connectivity index (χ1n) is 6.69. The Kier molecular flexibility index (Phi) is 4.40. The number of likely N-dealkylation sites (tertiary alicyclic amines) is 1. The van der Waals surface area contributed by atoms with Crippen molar-refractivity contribution in [3.05, 3.63) is 0 Å². The molecule has 0 aromatic rings. The third kappa shape index (κ3) is 3.20. The summed E-state index contributed by atoms with van der Waals surface area (Å²) in [5, 5.41) is 0. The SMILES string of the molecule is O=CO[C@@H](CC1CCCCC1)C(=O)N1CCC1. The Labute approximate surface area is 102 Å². The second-order valence-corrected chi connectivity index (χ2v) is 5.14. The molecule has 0 spiro atoms. The fourth-order valence-electron chi connectivity index (χ4n) is 2.75. The minimum absolute atomic E-state index is 0.00826. The molecule has 4 nitrogen and oxygen atoms in total. The van der Waals surface area contributed by atoms with Crippen molar-refractivity contribution in [1.29, 1.82) is 0 Å². The topological polar surface area (TPSA) is 46.6 Å². The first-order valence-corrected chi connectivity index (χ1v) is 6.69. The van der Waals surface area contributed by atoms with Gasteiger partial charge in [-0.1, -0.05) is 32.1 Å². The van der Waals surface area contributed by atoms with Crippen LogP contribution in [0.5, 0.6) is 0 Å². The van der Waals surface area contributed by atoms with Gasteiger partial charge in [0, 0.05) is 13.1 Å². The van der Waals surface area contributed by atoms with Crippen LogP contribution in [-0.2, 0) is 14.3 Å². The van der Waals surface area contributed by atoms with Crippen LogP contribution in [0.25, 0.3) is 0 Å². The number of hydrogen-bond acceptors (Lipinski definition) is 3. The lowest BCUT2D eigenvalue weighted by Crippen LogP contribution is -2.48. The highest BCUT2D eigenvalue weighted by atomic mass is 16.5. The average Bonchev–Trinajstić information content (AvgIpc) is 2.27. The molecule has 1 saturated heterocycles. The van der Waals surface area contributed by atoms with Gasteiger partial charge in [-0.25, -0.2) is 0 Å².